The van der Waals surface area contributed by atoms with Crippen molar-refractivity contribution in [1.29, 1.82) is 0 Å². The van der Waals surface area contributed by atoms with E-state index >= 15 is 0 Å². The van der Waals surface area contributed by atoms with Crippen LogP contribution in [0.3, 0.4) is 0 Å². The minimum absolute atomic E-state index is 0.366. The number of rotatable bonds is 9. The Bertz CT molecular complexity index is 1510. The maximum absolute atomic E-state index is 6.68. The molecule has 42 heavy (non-hydrogen) atoms. The highest BCUT2D eigenvalue weighted by Crippen LogP contribution is 2.37. The quantitative estimate of drug-likeness (QED) is 0.172. The minimum atomic E-state index is 0.366. The Kier molecular flexibility index (Phi) is 8.84. The van der Waals surface area contributed by atoms with E-state index in [4.69, 9.17) is 36.0 Å². The molecular formula is C32H36ClN7O2. The van der Waals surface area contributed by atoms with Crippen LogP contribution in [-0.4, -0.2) is 54.5 Å². The van der Waals surface area contributed by atoms with Gasteiger partial charge in [-0.15, -0.1) is 0 Å². The van der Waals surface area contributed by atoms with Gasteiger partial charge in [0.15, 0.2) is 11.5 Å². The zero-order valence-electron chi connectivity index (χ0n) is 23.9. The van der Waals surface area contributed by atoms with Crippen LogP contribution in [0.5, 0.6) is 11.5 Å². The molecule has 1 N–H and O–H groups in total. The predicted octanol–water partition coefficient (Wildman–Crippen LogP) is 6.69. The Labute approximate surface area is 251 Å². The molecule has 2 saturated heterocycles. The molecule has 0 atom stereocenters. The van der Waals surface area contributed by atoms with E-state index in [-0.39, 0.29) is 0 Å². The number of nitrogens with one attached hydrogen (secondary N) is 1. The van der Waals surface area contributed by atoms with Gasteiger partial charge >= 0.3 is 0 Å². The van der Waals surface area contributed by atoms with E-state index in [1.807, 2.05) is 24.3 Å². The van der Waals surface area contributed by atoms with Gasteiger partial charge in [-0.3, -0.25) is 0 Å². The second-order valence-electron chi connectivity index (χ2n) is 10.7. The Balaban J connectivity index is 1.19. The van der Waals surface area contributed by atoms with Crippen LogP contribution in [0, 0.1) is 0 Å². The SMILES string of the molecule is COc1cc(C=NNc2nc(N3CCCCC3)nc(N3CCCCC3)n2)cc(Cl)c1OCc1cccc2ccccc12. The molecule has 10 heteroatoms. The summed E-state index contributed by atoms with van der Waals surface area (Å²) in [5.74, 6) is 2.87. The number of fused-ring (bicyclic) bond motifs is 1. The van der Waals surface area contributed by atoms with Crippen LogP contribution in [0.4, 0.5) is 17.8 Å². The number of methoxy groups -OCH3 is 1. The van der Waals surface area contributed by atoms with Gasteiger partial charge in [-0.25, -0.2) is 5.43 Å². The van der Waals surface area contributed by atoms with Crippen LogP contribution in [0.2, 0.25) is 5.02 Å². The smallest absolute Gasteiger partial charge is 0.250 e. The molecule has 0 spiro atoms. The van der Waals surface area contributed by atoms with E-state index in [1.54, 1.807) is 19.4 Å². The van der Waals surface area contributed by atoms with Crippen molar-refractivity contribution < 1.29 is 9.47 Å². The van der Waals surface area contributed by atoms with E-state index in [2.05, 4.69) is 44.6 Å². The lowest BCUT2D eigenvalue weighted by atomic mass is 10.1. The van der Waals surface area contributed by atoms with Crippen molar-refractivity contribution in [2.45, 2.75) is 45.1 Å². The number of nitrogens with zero attached hydrogens (tertiary/aromatic N) is 6. The Hall–Kier alpha value is -4.11. The lowest BCUT2D eigenvalue weighted by Gasteiger charge is -2.30. The summed E-state index contributed by atoms with van der Waals surface area (Å²) in [4.78, 5) is 18.7. The average molecular weight is 586 g/mol. The molecule has 2 aliphatic heterocycles. The van der Waals surface area contributed by atoms with E-state index in [9.17, 15) is 0 Å². The van der Waals surface area contributed by atoms with Crippen LogP contribution in [-0.2, 0) is 6.61 Å². The number of hydrazone groups is 1. The molecule has 0 saturated carbocycles. The second-order valence-corrected chi connectivity index (χ2v) is 11.1. The molecule has 0 aliphatic carbocycles. The highest BCUT2D eigenvalue weighted by atomic mass is 35.5. The summed E-state index contributed by atoms with van der Waals surface area (Å²) >= 11 is 6.68. The molecule has 0 amide bonds. The lowest BCUT2D eigenvalue weighted by Crippen LogP contribution is -2.34. The molecule has 6 rings (SSSR count). The van der Waals surface area contributed by atoms with Crippen LogP contribution in [0.1, 0.15) is 49.7 Å². The van der Waals surface area contributed by atoms with Gasteiger partial charge < -0.3 is 19.3 Å². The van der Waals surface area contributed by atoms with Gasteiger partial charge in [0.1, 0.15) is 6.61 Å². The number of aromatic nitrogens is 3. The van der Waals surface area contributed by atoms with Crippen LogP contribution >= 0.6 is 11.6 Å². The fourth-order valence-electron chi connectivity index (χ4n) is 5.56. The van der Waals surface area contributed by atoms with E-state index in [0.29, 0.717) is 41.0 Å². The monoisotopic (exact) mass is 585 g/mol. The first kappa shape index (κ1) is 28.0. The fourth-order valence-corrected chi connectivity index (χ4v) is 5.84. The zero-order chi connectivity index (χ0) is 28.7. The van der Waals surface area contributed by atoms with Gasteiger partial charge in [-0.1, -0.05) is 54.1 Å². The van der Waals surface area contributed by atoms with Gasteiger partial charge in [0.2, 0.25) is 17.8 Å². The minimum Gasteiger partial charge on any atom is -0.493 e. The summed E-state index contributed by atoms with van der Waals surface area (Å²) in [5, 5.41) is 7.19. The van der Waals surface area contributed by atoms with Gasteiger partial charge in [-0.2, -0.15) is 20.1 Å². The van der Waals surface area contributed by atoms with Crippen molar-refractivity contribution in [3.63, 3.8) is 0 Å². The molecule has 9 nitrogen and oxygen atoms in total. The molecule has 0 bridgehead atoms. The van der Waals surface area contributed by atoms with E-state index in [1.165, 1.54) is 18.2 Å². The summed E-state index contributed by atoms with van der Waals surface area (Å²) in [6.07, 6.45) is 8.76. The Morgan fingerprint density at radius 1 is 0.857 bits per heavy atom. The number of benzene rings is 3. The van der Waals surface area contributed by atoms with Gasteiger partial charge in [0.25, 0.3) is 0 Å². The number of hydrogen-bond donors (Lipinski definition) is 1. The number of halogens is 1. The van der Waals surface area contributed by atoms with Crippen molar-refractivity contribution in [3.05, 3.63) is 70.7 Å². The Morgan fingerprint density at radius 3 is 2.21 bits per heavy atom. The first-order chi connectivity index (χ1) is 20.7. The van der Waals surface area contributed by atoms with Gasteiger partial charge in [0.05, 0.1) is 18.3 Å². The topological polar surface area (TPSA) is 88.0 Å². The summed E-state index contributed by atoms with van der Waals surface area (Å²) in [6.45, 7) is 4.20. The molecule has 4 aromatic rings. The van der Waals surface area contributed by atoms with Crippen LogP contribution in [0.15, 0.2) is 59.7 Å². The highest BCUT2D eigenvalue weighted by Gasteiger charge is 2.20. The number of anilines is 3. The van der Waals surface area contributed by atoms with Gasteiger partial charge in [-0.05, 0) is 72.6 Å². The molecule has 218 valence electrons. The lowest BCUT2D eigenvalue weighted by molar-refractivity contribution is 0.286. The third kappa shape index (κ3) is 6.51. The highest BCUT2D eigenvalue weighted by molar-refractivity contribution is 6.32. The summed E-state index contributed by atoms with van der Waals surface area (Å²) in [6, 6.07) is 18.1. The maximum atomic E-state index is 6.68. The molecule has 2 fully saturated rings. The molecule has 0 unspecified atom stereocenters. The normalized spacial score (nSPS) is 15.8. The maximum Gasteiger partial charge on any atom is 0.250 e. The fraction of sp³-hybridized carbons (Fsp3) is 0.375. The van der Waals surface area contributed by atoms with Crippen molar-refractivity contribution in [1.82, 2.24) is 15.0 Å². The molecule has 3 heterocycles. The Morgan fingerprint density at radius 2 is 1.52 bits per heavy atom. The van der Waals surface area contributed by atoms with Crippen molar-refractivity contribution >= 4 is 46.4 Å². The largest absolute Gasteiger partial charge is 0.493 e. The van der Waals surface area contributed by atoms with Crippen molar-refractivity contribution in [2.24, 2.45) is 5.10 Å². The van der Waals surface area contributed by atoms with Crippen molar-refractivity contribution in [3.8, 4) is 11.5 Å². The second kappa shape index (κ2) is 13.2. The third-order valence-corrected chi connectivity index (χ3v) is 8.05. The van der Waals surface area contributed by atoms with E-state index < -0.39 is 0 Å². The number of hydrogen-bond acceptors (Lipinski definition) is 9. The molecular weight excluding hydrogens is 550 g/mol. The first-order valence-electron chi connectivity index (χ1n) is 14.7. The van der Waals surface area contributed by atoms with Crippen LogP contribution < -0.4 is 24.7 Å². The van der Waals surface area contributed by atoms with Gasteiger partial charge in [0, 0.05) is 26.2 Å². The predicted molar refractivity (Wildman–Crippen MR) is 169 cm³/mol. The number of ether oxygens (including phenoxy) is 2. The van der Waals surface area contributed by atoms with E-state index in [0.717, 1.165) is 68.4 Å². The average Bonchev–Trinajstić information content (AvgIpc) is 3.04. The molecule has 3 aromatic carbocycles. The molecule has 2 aliphatic rings. The first-order valence-corrected chi connectivity index (χ1v) is 15.1. The summed E-state index contributed by atoms with van der Waals surface area (Å²) in [5.41, 5.74) is 4.85. The van der Waals surface area contributed by atoms with Crippen LogP contribution in [0.25, 0.3) is 10.8 Å². The molecule has 1 aromatic heterocycles. The third-order valence-electron chi connectivity index (χ3n) is 7.77. The summed E-state index contributed by atoms with van der Waals surface area (Å²) in [7, 11) is 1.60. The molecule has 0 radical (unpaired) electrons. The van der Waals surface area contributed by atoms with Crippen molar-refractivity contribution in [2.75, 3.05) is 48.5 Å². The standard InChI is InChI=1S/C32H36ClN7O2/c1-41-28-20-23(19-27(33)29(28)42-22-25-13-10-12-24-11-4-5-14-26(24)25)21-34-38-30-35-31(39-15-6-2-7-16-39)37-32(36-30)40-17-8-3-9-18-40/h4-5,10-14,19-21H,2-3,6-9,15-18,22H2,1H3,(H,35,36,37,38). The zero-order valence-corrected chi connectivity index (χ0v) is 24.7. The summed E-state index contributed by atoms with van der Waals surface area (Å²) < 4.78 is 11.8. The number of piperidine rings is 2.